The van der Waals surface area contributed by atoms with Gasteiger partial charge in [0, 0.05) is 17.9 Å². The van der Waals surface area contributed by atoms with Crippen molar-refractivity contribution in [2.45, 2.75) is 96.3 Å². The Morgan fingerprint density at radius 3 is 2.23 bits per heavy atom. The molecule has 218 valence electrons. The molecule has 11 nitrogen and oxygen atoms in total. The maximum absolute atomic E-state index is 13.0. The van der Waals surface area contributed by atoms with Crippen molar-refractivity contribution in [1.82, 2.24) is 10.6 Å². The fourth-order valence-corrected chi connectivity index (χ4v) is 6.27. The molecular formula is C26H41N3O8SSi. The summed E-state index contributed by atoms with van der Waals surface area (Å²) in [5.74, 6) is -1.09. The third-order valence-electron chi connectivity index (χ3n) is 6.65. The number of alkyl carbamates (subject to hydrolysis) is 1. The van der Waals surface area contributed by atoms with Crippen molar-refractivity contribution >= 4 is 43.7 Å². The molecule has 0 aromatic heterocycles. The van der Waals surface area contributed by atoms with Crippen LogP contribution in [-0.4, -0.2) is 60.1 Å². The molecule has 0 aliphatic carbocycles. The summed E-state index contributed by atoms with van der Waals surface area (Å²) in [4.78, 5) is 48.2. The molecular weight excluding hydrogens is 542 g/mol. The van der Waals surface area contributed by atoms with E-state index in [0.717, 1.165) is 0 Å². The molecule has 0 unspecified atom stereocenters. The fraction of sp³-hybridized carbons (Fsp3) is 0.654. The molecule has 0 bridgehead atoms. The van der Waals surface area contributed by atoms with Crippen LogP contribution in [0.1, 0.15) is 54.0 Å². The van der Waals surface area contributed by atoms with E-state index in [1.165, 1.54) is 36.0 Å². The second-order valence-corrected chi connectivity index (χ2v) is 18.0. The minimum atomic E-state index is -2.11. The molecule has 0 radical (unpaired) electrons. The van der Waals surface area contributed by atoms with Crippen LogP contribution in [0.15, 0.2) is 24.3 Å². The zero-order valence-electron chi connectivity index (χ0n) is 24.2. The number of hydrogen-bond donors (Lipinski definition) is 2. The number of β-lactam (4-membered cyclic amide) rings is 1. The van der Waals surface area contributed by atoms with Crippen molar-refractivity contribution in [3.05, 3.63) is 39.9 Å². The van der Waals surface area contributed by atoms with Crippen molar-refractivity contribution in [1.29, 1.82) is 0 Å². The second-order valence-electron chi connectivity index (χ2n) is 12.1. The lowest BCUT2D eigenvalue weighted by Crippen LogP contribution is -2.62. The van der Waals surface area contributed by atoms with Gasteiger partial charge >= 0.3 is 12.1 Å². The Bertz CT molecular complexity index is 1050. The fourth-order valence-electron chi connectivity index (χ4n) is 3.47. The highest BCUT2D eigenvalue weighted by atomic mass is 32.2. The summed E-state index contributed by atoms with van der Waals surface area (Å²) in [6, 6.07) is 4.57. The normalized spacial score (nSPS) is 19.3. The van der Waals surface area contributed by atoms with Gasteiger partial charge in [-0.3, -0.25) is 14.9 Å². The maximum Gasteiger partial charge on any atom is 0.408 e. The smallest absolute Gasteiger partial charge is 0.408 e. The van der Waals surface area contributed by atoms with Crippen molar-refractivity contribution in [2.75, 3.05) is 5.75 Å². The van der Waals surface area contributed by atoms with Gasteiger partial charge in [-0.15, -0.1) is 11.8 Å². The van der Waals surface area contributed by atoms with E-state index < -0.39 is 42.9 Å². The molecule has 0 saturated carbocycles. The second kappa shape index (κ2) is 12.7. The standard InChI is InChI=1S/C26H41N3O8SSi/c1-16(37-39(8,9)26(5,6)7)20-21(30)28-22(20)38-15-19(27-24(32)36-25(2,3)4)23(31)35-14-17-10-12-18(13-11-17)29(33)34/h10-13,16,19-20,22H,14-15H2,1-9H3,(H,27,32)(H,28,30)/t16-,19+,20+,22-/m1/s1. The number of nitro groups is 1. The Morgan fingerprint density at radius 2 is 1.74 bits per heavy atom. The molecule has 4 atom stereocenters. The van der Waals surface area contributed by atoms with E-state index >= 15 is 0 Å². The number of ether oxygens (including phenoxy) is 2. The zero-order valence-corrected chi connectivity index (χ0v) is 26.0. The molecule has 1 heterocycles. The molecule has 1 aliphatic rings. The summed E-state index contributed by atoms with van der Waals surface area (Å²) in [6.45, 7) is 17.6. The number of nitrogens with one attached hydrogen (secondary N) is 2. The van der Waals surface area contributed by atoms with E-state index in [9.17, 15) is 24.5 Å². The molecule has 2 rings (SSSR count). The predicted octanol–water partition coefficient (Wildman–Crippen LogP) is 4.75. The Balaban J connectivity index is 2.07. The molecule has 0 spiro atoms. The van der Waals surface area contributed by atoms with Crippen LogP contribution in [0.4, 0.5) is 10.5 Å². The first-order valence-corrected chi connectivity index (χ1v) is 16.8. The number of rotatable bonds is 11. The van der Waals surface area contributed by atoms with E-state index in [0.29, 0.717) is 5.56 Å². The number of nitrogens with zero attached hydrogens (tertiary/aromatic N) is 1. The zero-order chi connectivity index (χ0) is 29.8. The summed E-state index contributed by atoms with van der Waals surface area (Å²) in [5, 5.41) is 16.0. The first kappa shape index (κ1) is 32.6. The van der Waals surface area contributed by atoms with Crippen LogP contribution in [0, 0.1) is 16.0 Å². The molecule has 1 aromatic rings. The number of carbonyl (C=O) groups is 3. The highest BCUT2D eigenvalue weighted by molar-refractivity contribution is 8.00. The molecule has 13 heteroatoms. The van der Waals surface area contributed by atoms with Crippen LogP contribution >= 0.6 is 11.8 Å². The number of benzene rings is 1. The Labute approximate surface area is 235 Å². The molecule has 1 aromatic carbocycles. The summed E-state index contributed by atoms with van der Waals surface area (Å²) >= 11 is 1.32. The summed E-state index contributed by atoms with van der Waals surface area (Å²) in [6.07, 6.45) is -1.09. The van der Waals surface area contributed by atoms with E-state index in [2.05, 4.69) is 44.5 Å². The maximum atomic E-state index is 13.0. The number of esters is 1. The highest BCUT2D eigenvalue weighted by Gasteiger charge is 2.48. The van der Waals surface area contributed by atoms with Gasteiger partial charge in [0.05, 0.1) is 22.3 Å². The number of hydrogen-bond acceptors (Lipinski definition) is 9. The van der Waals surface area contributed by atoms with Crippen molar-refractivity contribution < 1.29 is 33.2 Å². The number of non-ortho nitro benzene ring substituents is 1. The topological polar surface area (TPSA) is 146 Å². The van der Waals surface area contributed by atoms with Crippen LogP contribution in [0.2, 0.25) is 18.1 Å². The van der Waals surface area contributed by atoms with Crippen LogP contribution in [0.5, 0.6) is 0 Å². The average molecular weight is 584 g/mol. The monoisotopic (exact) mass is 583 g/mol. The van der Waals surface area contributed by atoms with Gasteiger partial charge in [0.15, 0.2) is 8.32 Å². The Kier molecular flexibility index (Phi) is 10.6. The number of nitro benzene ring substituents is 1. The van der Waals surface area contributed by atoms with Gasteiger partial charge in [-0.25, -0.2) is 9.59 Å². The lowest BCUT2D eigenvalue weighted by atomic mass is 9.96. The van der Waals surface area contributed by atoms with E-state index in [-0.39, 0.29) is 40.5 Å². The summed E-state index contributed by atoms with van der Waals surface area (Å²) < 4.78 is 17.1. The van der Waals surface area contributed by atoms with Crippen molar-refractivity contribution in [3.8, 4) is 0 Å². The first-order valence-electron chi connectivity index (χ1n) is 12.8. The van der Waals surface area contributed by atoms with Crippen LogP contribution in [-0.2, 0) is 30.1 Å². The van der Waals surface area contributed by atoms with E-state index in [4.69, 9.17) is 13.9 Å². The van der Waals surface area contributed by atoms with Gasteiger partial charge in [0.25, 0.3) is 5.69 Å². The molecule has 1 fully saturated rings. The lowest BCUT2D eigenvalue weighted by molar-refractivity contribution is -0.384. The van der Waals surface area contributed by atoms with Gasteiger partial charge in [-0.05, 0) is 63.5 Å². The molecule has 2 N–H and O–H groups in total. The number of thioether (sulfide) groups is 1. The third kappa shape index (κ3) is 9.50. The summed E-state index contributed by atoms with van der Waals surface area (Å²) in [5.41, 5.74) is -0.288. The Hall–Kier alpha value is -2.64. The van der Waals surface area contributed by atoms with Crippen LogP contribution in [0.3, 0.4) is 0 Å². The molecule has 1 aliphatic heterocycles. The van der Waals surface area contributed by atoms with Gasteiger partial charge in [0.2, 0.25) is 5.91 Å². The minimum Gasteiger partial charge on any atom is -0.459 e. The van der Waals surface area contributed by atoms with Crippen LogP contribution < -0.4 is 10.6 Å². The largest absolute Gasteiger partial charge is 0.459 e. The van der Waals surface area contributed by atoms with Gasteiger partial charge < -0.3 is 24.5 Å². The molecule has 2 amide bonds. The quantitative estimate of drug-likeness (QED) is 0.124. The van der Waals surface area contributed by atoms with Crippen molar-refractivity contribution in [3.63, 3.8) is 0 Å². The van der Waals surface area contributed by atoms with Gasteiger partial charge in [-0.2, -0.15) is 0 Å². The third-order valence-corrected chi connectivity index (χ3v) is 12.5. The average Bonchev–Trinajstić information content (AvgIpc) is 2.76. The molecule has 39 heavy (non-hydrogen) atoms. The SMILES string of the molecule is C[C@@H](O[Si](C)(C)C(C)(C)C)[C@H]1C(=O)N[C@@H]1SC[C@H](NC(=O)OC(C)(C)C)C(=O)OCc1ccc([N+](=O)[O-])cc1. The first-order chi connectivity index (χ1) is 17.8. The number of carbonyl (C=O) groups excluding carboxylic acids is 3. The minimum absolute atomic E-state index is 0.0139. The van der Waals surface area contributed by atoms with Crippen LogP contribution in [0.25, 0.3) is 0 Å². The summed E-state index contributed by atoms with van der Waals surface area (Å²) in [7, 11) is -2.11. The Morgan fingerprint density at radius 1 is 1.15 bits per heavy atom. The highest BCUT2D eigenvalue weighted by Crippen LogP contribution is 2.40. The van der Waals surface area contributed by atoms with Gasteiger partial charge in [-0.1, -0.05) is 20.8 Å². The van der Waals surface area contributed by atoms with Gasteiger partial charge in [0.1, 0.15) is 18.2 Å². The molecule has 1 saturated heterocycles. The number of amides is 2. The predicted molar refractivity (Wildman–Crippen MR) is 152 cm³/mol. The van der Waals surface area contributed by atoms with Crippen molar-refractivity contribution in [2.24, 2.45) is 5.92 Å². The van der Waals surface area contributed by atoms with E-state index in [1.54, 1.807) is 20.8 Å². The lowest BCUT2D eigenvalue weighted by Gasteiger charge is -2.45. The van der Waals surface area contributed by atoms with E-state index in [1.807, 2.05) is 6.92 Å².